The maximum absolute atomic E-state index is 11.3. The van der Waals surface area contributed by atoms with Crippen molar-refractivity contribution in [1.29, 1.82) is 5.41 Å². The summed E-state index contributed by atoms with van der Waals surface area (Å²) in [6.45, 7) is 2.30. The Labute approximate surface area is 131 Å². The van der Waals surface area contributed by atoms with Gasteiger partial charge in [0, 0.05) is 38.3 Å². The molecule has 0 unspecified atom stereocenters. The number of carbonyl (C=O) groups excluding carboxylic acids is 2. The number of rotatable bonds is 8. The Morgan fingerprint density at radius 3 is 2.64 bits per heavy atom. The van der Waals surface area contributed by atoms with Crippen molar-refractivity contribution in [3.05, 3.63) is 29.3 Å². The van der Waals surface area contributed by atoms with Gasteiger partial charge in [-0.1, -0.05) is 19.4 Å². The highest BCUT2D eigenvalue weighted by Crippen LogP contribution is 2.20. The van der Waals surface area contributed by atoms with Crippen molar-refractivity contribution >= 4 is 23.8 Å². The molecule has 120 valence electrons. The smallest absolute Gasteiger partial charge is 0.221 e. The van der Waals surface area contributed by atoms with Crippen LogP contribution in [0.3, 0.4) is 0 Å². The van der Waals surface area contributed by atoms with Crippen molar-refractivity contribution in [1.82, 2.24) is 10.2 Å². The molecular formula is C16H24N4O2. The maximum atomic E-state index is 11.3. The van der Waals surface area contributed by atoms with Crippen LogP contribution in [0.5, 0.6) is 0 Å². The third-order valence-corrected chi connectivity index (χ3v) is 3.42. The van der Waals surface area contributed by atoms with E-state index < -0.39 is 0 Å². The van der Waals surface area contributed by atoms with E-state index in [1.165, 1.54) is 10.5 Å². The second-order valence-electron chi connectivity index (χ2n) is 4.95. The molecule has 3 N–H and O–H groups in total. The van der Waals surface area contributed by atoms with E-state index in [0.29, 0.717) is 12.0 Å². The van der Waals surface area contributed by atoms with Crippen LogP contribution in [-0.4, -0.2) is 43.7 Å². The molecule has 0 atom stereocenters. The Bertz CT molecular complexity index is 543. The molecule has 0 aliphatic rings. The molecule has 2 amide bonds. The van der Waals surface area contributed by atoms with Gasteiger partial charge in [0.05, 0.1) is 0 Å². The Kier molecular flexibility index (Phi) is 7.08. The molecule has 0 aliphatic heterocycles. The number of anilines is 1. The van der Waals surface area contributed by atoms with Gasteiger partial charge in [-0.3, -0.25) is 19.9 Å². The summed E-state index contributed by atoms with van der Waals surface area (Å²) in [6.07, 6.45) is 2.77. The molecule has 0 aromatic heterocycles. The minimum atomic E-state index is -0.160. The van der Waals surface area contributed by atoms with Gasteiger partial charge in [-0.2, -0.15) is 0 Å². The quantitative estimate of drug-likeness (QED) is 0.387. The summed E-state index contributed by atoms with van der Waals surface area (Å²) in [5.41, 5.74) is 2.64. The molecule has 6 nitrogen and oxygen atoms in total. The predicted molar refractivity (Wildman–Crippen MR) is 88.3 cm³/mol. The third-order valence-electron chi connectivity index (χ3n) is 3.42. The van der Waals surface area contributed by atoms with Crippen LogP contribution < -0.4 is 10.6 Å². The lowest BCUT2D eigenvalue weighted by atomic mass is 10.0. The minimum Gasteiger partial charge on any atom is -0.388 e. The zero-order chi connectivity index (χ0) is 16.5. The highest BCUT2D eigenvalue weighted by Gasteiger charge is 2.15. The van der Waals surface area contributed by atoms with Crippen LogP contribution in [-0.2, 0) is 16.0 Å². The van der Waals surface area contributed by atoms with Gasteiger partial charge in [-0.05, 0) is 24.1 Å². The van der Waals surface area contributed by atoms with Gasteiger partial charge < -0.3 is 10.6 Å². The number of hydrogen-bond donors (Lipinski definition) is 3. The fourth-order valence-corrected chi connectivity index (χ4v) is 2.17. The molecule has 1 rings (SSSR count). The molecule has 0 spiro atoms. The fourth-order valence-electron chi connectivity index (χ4n) is 2.17. The number of nitrogens with one attached hydrogen (secondary N) is 3. The highest BCUT2D eigenvalue weighted by molar-refractivity contribution is 6.06. The number of aryl methyl sites for hydroxylation is 1. The number of hydrogen-bond acceptors (Lipinski definition) is 4. The summed E-state index contributed by atoms with van der Waals surface area (Å²) in [7, 11) is 3.34. The number of nitrogens with zero attached hydrogens (tertiary/aromatic N) is 1. The van der Waals surface area contributed by atoms with E-state index in [1.54, 1.807) is 14.1 Å². The first-order chi connectivity index (χ1) is 10.6. The topological polar surface area (TPSA) is 85.3 Å². The first-order valence-corrected chi connectivity index (χ1v) is 7.39. The number of carbonyl (C=O) groups is 2. The molecule has 22 heavy (non-hydrogen) atoms. The largest absolute Gasteiger partial charge is 0.388 e. The fraction of sp³-hybridized carbons (Fsp3) is 0.438. The summed E-state index contributed by atoms with van der Waals surface area (Å²) < 4.78 is 0. The average molecular weight is 304 g/mol. The predicted octanol–water partition coefficient (Wildman–Crippen LogP) is 1.60. The lowest BCUT2D eigenvalue weighted by Crippen LogP contribution is -2.34. The monoisotopic (exact) mass is 304 g/mol. The molecule has 0 radical (unpaired) electrons. The van der Waals surface area contributed by atoms with Crippen LogP contribution in [0.2, 0.25) is 0 Å². The second-order valence-corrected chi connectivity index (χ2v) is 4.95. The van der Waals surface area contributed by atoms with E-state index in [9.17, 15) is 9.59 Å². The second kappa shape index (κ2) is 8.81. The summed E-state index contributed by atoms with van der Waals surface area (Å²) in [4.78, 5) is 23.8. The number of amidine groups is 1. The van der Waals surface area contributed by atoms with Crippen LogP contribution in [0.4, 0.5) is 5.69 Å². The van der Waals surface area contributed by atoms with E-state index in [0.717, 1.165) is 18.5 Å². The van der Waals surface area contributed by atoms with Crippen LogP contribution in [0.25, 0.3) is 0 Å². The van der Waals surface area contributed by atoms with Crippen LogP contribution >= 0.6 is 0 Å². The van der Waals surface area contributed by atoms with Crippen molar-refractivity contribution in [2.24, 2.45) is 0 Å². The Morgan fingerprint density at radius 1 is 1.36 bits per heavy atom. The Hall–Kier alpha value is -2.37. The van der Waals surface area contributed by atoms with Crippen molar-refractivity contribution in [3.63, 3.8) is 0 Å². The van der Waals surface area contributed by atoms with Crippen molar-refractivity contribution < 1.29 is 9.59 Å². The molecule has 1 aromatic rings. The summed E-state index contributed by atoms with van der Waals surface area (Å²) in [6, 6.07) is 5.81. The summed E-state index contributed by atoms with van der Waals surface area (Å²) >= 11 is 0. The molecule has 0 heterocycles. The third kappa shape index (κ3) is 4.58. The Morgan fingerprint density at radius 2 is 2.09 bits per heavy atom. The first-order valence-electron chi connectivity index (χ1n) is 7.39. The van der Waals surface area contributed by atoms with Gasteiger partial charge in [-0.25, -0.2) is 0 Å². The lowest BCUT2D eigenvalue weighted by molar-refractivity contribution is -0.121. The van der Waals surface area contributed by atoms with Gasteiger partial charge in [0.2, 0.25) is 12.3 Å². The van der Waals surface area contributed by atoms with Gasteiger partial charge in [0.1, 0.15) is 5.84 Å². The average Bonchev–Trinajstić information content (AvgIpc) is 2.54. The molecule has 0 bridgehead atoms. The van der Waals surface area contributed by atoms with E-state index in [-0.39, 0.29) is 24.7 Å². The lowest BCUT2D eigenvalue weighted by Gasteiger charge is -2.20. The van der Waals surface area contributed by atoms with Crippen molar-refractivity contribution in [2.45, 2.75) is 26.2 Å². The molecule has 6 heteroatoms. The Balaban J connectivity index is 2.94. The van der Waals surface area contributed by atoms with E-state index in [1.807, 2.05) is 18.2 Å². The normalized spacial score (nSPS) is 9.95. The molecule has 0 saturated heterocycles. The first kappa shape index (κ1) is 17.7. The molecule has 1 aromatic carbocycles. The van der Waals surface area contributed by atoms with Gasteiger partial charge in [0.25, 0.3) is 0 Å². The number of benzene rings is 1. The molecule has 0 aliphatic carbocycles. The van der Waals surface area contributed by atoms with Crippen LogP contribution in [0.15, 0.2) is 18.2 Å². The zero-order valence-corrected chi connectivity index (χ0v) is 13.4. The molecular weight excluding hydrogens is 280 g/mol. The van der Waals surface area contributed by atoms with Crippen LogP contribution in [0, 0.1) is 5.41 Å². The zero-order valence-electron chi connectivity index (χ0n) is 13.4. The van der Waals surface area contributed by atoms with Crippen molar-refractivity contribution in [3.8, 4) is 0 Å². The van der Waals surface area contributed by atoms with Gasteiger partial charge >= 0.3 is 0 Å². The van der Waals surface area contributed by atoms with Crippen molar-refractivity contribution in [2.75, 3.05) is 26.0 Å². The highest BCUT2D eigenvalue weighted by atomic mass is 16.2. The minimum absolute atomic E-state index is 0.0892. The standard InChI is InChI=1S/C16H24N4O2/c1-4-5-12-6-7-13(14(10-12)18-2)16(17)20(11-21)9-8-15(22)19-3/h6-7,10-11,17-18H,4-5,8-9H2,1-3H3,(H,19,22). The number of amides is 2. The van der Waals surface area contributed by atoms with E-state index in [4.69, 9.17) is 5.41 Å². The van der Waals surface area contributed by atoms with E-state index >= 15 is 0 Å². The molecule has 0 fully saturated rings. The maximum Gasteiger partial charge on any atom is 0.221 e. The van der Waals surface area contributed by atoms with Gasteiger partial charge in [0.15, 0.2) is 0 Å². The van der Waals surface area contributed by atoms with Crippen LogP contribution in [0.1, 0.15) is 30.9 Å². The van der Waals surface area contributed by atoms with Gasteiger partial charge in [-0.15, -0.1) is 0 Å². The summed E-state index contributed by atoms with van der Waals surface area (Å²) in [5.74, 6) is -0.0712. The molecule has 0 saturated carbocycles. The van der Waals surface area contributed by atoms with E-state index in [2.05, 4.69) is 17.6 Å². The SMILES string of the molecule is CCCc1ccc(C(=N)N(C=O)CCC(=O)NC)c(NC)c1. The summed E-state index contributed by atoms with van der Waals surface area (Å²) in [5, 5.41) is 13.8.